The van der Waals surface area contributed by atoms with Crippen LogP contribution in [-0.2, 0) is 22.4 Å². The van der Waals surface area contributed by atoms with Crippen molar-refractivity contribution in [2.24, 2.45) is 0 Å². The van der Waals surface area contributed by atoms with Crippen molar-refractivity contribution in [2.45, 2.75) is 18.9 Å². The lowest BCUT2D eigenvalue weighted by Gasteiger charge is -2.25. The van der Waals surface area contributed by atoms with E-state index in [2.05, 4.69) is 6.07 Å². The minimum atomic E-state index is -0.462. The third-order valence-electron chi connectivity index (χ3n) is 3.61. The van der Waals surface area contributed by atoms with Crippen LogP contribution in [0.15, 0.2) is 48.5 Å². The van der Waals surface area contributed by atoms with Gasteiger partial charge in [-0.25, -0.2) is 0 Å². The van der Waals surface area contributed by atoms with Crippen LogP contribution in [0.25, 0.3) is 0 Å². The van der Waals surface area contributed by atoms with Gasteiger partial charge in [-0.05, 0) is 29.2 Å². The molecule has 3 rings (SSSR count). The molecule has 0 N–H and O–H groups in total. The molecule has 2 aromatic rings. The van der Waals surface area contributed by atoms with E-state index in [0.717, 1.165) is 17.5 Å². The summed E-state index contributed by atoms with van der Waals surface area (Å²) in [6.07, 6.45) is 0.710. The van der Waals surface area contributed by atoms with Gasteiger partial charge in [-0.3, -0.25) is 4.79 Å². The van der Waals surface area contributed by atoms with Crippen molar-refractivity contribution in [1.82, 2.24) is 0 Å². The molecule has 3 heteroatoms. The zero-order valence-electron chi connectivity index (χ0n) is 11.0. The SMILES string of the molecule is O=C(Cc1ccccc1Cl)C1OCCc2ccccc21. The molecule has 0 aromatic heterocycles. The fourth-order valence-corrected chi connectivity index (χ4v) is 2.79. The second kappa shape index (κ2) is 5.78. The van der Waals surface area contributed by atoms with Gasteiger partial charge in [0.05, 0.1) is 6.61 Å². The standard InChI is InChI=1S/C17H15ClO2/c18-15-8-4-2-6-13(15)11-16(19)17-14-7-3-1-5-12(14)9-10-20-17/h1-8,17H,9-11H2. The molecule has 0 radical (unpaired) electrons. The van der Waals surface area contributed by atoms with Crippen LogP contribution < -0.4 is 0 Å². The third-order valence-corrected chi connectivity index (χ3v) is 3.98. The first-order valence-corrected chi connectivity index (χ1v) is 7.09. The summed E-state index contributed by atoms with van der Waals surface area (Å²) >= 11 is 6.11. The minimum Gasteiger partial charge on any atom is -0.365 e. The largest absolute Gasteiger partial charge is 0.365 e. The summed E-state index contributed by atoms with van der Waals surface area (Å²) in [5.74, 6) is 0.0604. The van der Waals surface area contributed by atoms with Gasteiger partial charge in [-0.15, -0.1) is 0 Å². The van der Waals surface area contributed by atoms with Crippen LogP contribution in [0.4, 0.5) is 0 Å². The van der Waals surface area contributed by atoms with E-state index in [9.17, 15) is 4.79 Å². The summed E-state index contributed by atoms with van der Waals surface area (Å²) in [4.78, 5) is 12.5. The monoisotopic (exact) mass is 286 g/mol. The van der Waals surface area contributed by atoms with E-state index >= 15 is 0 Å². The van der Waals surface area contributed by atoms with Crippen LogP contribution in [0.5, 0.6) is 0 Å². The van der Waals surface area contributed by atoms with E-state index in [-0.39, 0.29) is 5.78 Å². The third kappa shape index (κ3) is 2.62. The summed E-state index contributed by atoms with van der Waals surface area (Å²) in [6.45, 7) is 0.593. The average Bonchev–Trinajstić information content (AvgIpc) is 2.49. The molecule has 0 fully saturated rings. The highest BCUT2D eigenvalue weighted by Crippen LogP contribution is 2.29. The molecular weight excluding hydrogens is 272 g/mol. The first-order chi connectivity index (χ1) is 9.75. The molecule has 1 aliphatic heterocycles. The molecule has 0 saturated carbocycles. The first-order valence-electron chi connectivity index (χ1n) is 6.71. The zero-order valence-corrected chi connectivity index (χ0v) is 11.8. The van der Waals surface area contributed by atoms with Crippen molar-refractivity contribution in [3.63, 3.8) is 0 Å². The van der Waals surface area contributed by atoms with Gasteiger partial charge < -0.3 is 4.74 Å². The molecule has 0 saturated heterocycles. The lowest BCUT2D eigenvalue weighted by molar-refractivity contribution is -0.131. The lowest BCUT2D eigenvalue weighted by Crippen LogP contribution is -2.24. The number of rotatable bonds is 3. The van der Waals surface area contributed by atoms with Crippen molar-refractivity contribution < 1.29 is 9.53 Å². The molecule has 20 heavy (non-hydrogen) atoms. The van der Waals surface area contributed by atoms with Crippen LogP contribution in [0, 0.1) is 0 Å². The van der Waals surface area contributed by atoms with Crippen LogP contribution >= 0.6 is 11.6 Å². The molecule has 1 heterocycles. The van der Waals surface area contributed by atoms with Crippen LogP contribution in [-0.4, -0.2) is 12.4 Å². The molecule has 0 aliphatic carbocycles. The highest BCUT2D eigenvalue weighted by molar-refractivity contribution is 6.31. The summed E-state index contributed by atoms with van der Waals surface area (Å²) < 4.78 is 5.69. The van der Waals surface area contributed by atoms with Crippen LogP contribution in [0.2, 0.25) is 5.02 Å². The van der Waals surface area contributed by atoms with Gasteiger partial charge in [0.25, 0.3) is 0 Å². The minimum absolute atomic E-state index is 0.0604. The first kappa shape index (κ1) is 13.3. The molecule has 0 bridgehead atoms. The van der Waals surface area contributed by atoms with Crippen LogP contribution in [0.3, 0.4) is 0 Å². The summed E-state index contributed by atoms with van der Waals surface area (Å²) in [6, 6.07) is 15.4. The molecule has 102 valence electrons. The van der Waals surface area contributed by atoms with Gasteiger partial charge >= 0.3 is 0 Å². The second-order valence-electron chi connectivity index (χ2n) is 4.93. The molecule has 0 spiro atoms. The van der Waals surface area contributed by atoms with E-state index in [1.807, 2.05) is 36.4 Å². The Bertz CT molecular complexity index is 636. The van der Waals surface area contributed by atoms with Crippen LogP contribution in [0.1, 0.15) is 22.8 Å². The van der Waals surface area contributed by atoms with E-state index in [1.54, 1.807) is 6.07 Å². The summed E-state index contributed by atoms with van der Waals surface area (Å²) in [5, 5.41) is 0.630. The van der Waals surface area contributed by atoms with Gasteiger partial charge in [0.2, 0.25) is 0 Å². The van der Waals surface area contributed by atoms with Crippen molar-refractivity contribution in [3.8, 4) is 0 Å². The molecule has 1 aliphatic rings. The Hall–Kier alpha value is -1.64. The highest BCUT2D eigenvalue weighted by atomic mass is 35.5. The Morgan fingerprint density at radius 3 is 2.75 bits per heavy atom. The number of ketones is 1. The Kier molecular flexibility index (Phi) is 3.86. The Balaban J connectivity index is 1.84. The van der Waals surface area contributed by atoms with Gasteiger partial charge in [-0.1, -0.05) is 54.1 Å². The number of carbonyl (C=O) groups excluding carboxylic acids is 1. The Morgan fingerprint density at radius 1 is 1.15 bits per heavy atom. The Labute approximate surface area is 123 Å². The number of benzene rings is 2. The smallest absolute Gasteiger partial charge is 0.170 e. The normalized spacial score (nSPS) is 17.6. The van der Waals surface area contributed by atoms with Crippen molar-refractivity contribution in [2.75, 3.05) is 6.61 Å². The number of halogens is 1. The molecule has 0 amide bonds. The molecule has 1 unspecified atom stereocenters. The van der Waals surface area contributed by atoms with Gasteiger partial charge in [0.15, 0.2) is 5.78 Å². The van der Waals surface area contributed by atoms with E-state index in [0.29, 0.717) is 18.1 Å². The quantitative estimate of drug-likeness (QED) is 0.859. The molecule has 2 aromatic carbocycles. The molecule has 2 nitrogen and oxygen atoms in total. The number of hydrogen-bond donors (Lipinski definition) is 0. The number of hydrogen-bond acceptors (Lipinski definition) is 2. The topological polar surface area (TPSA) is 26.3 Å². The van der Waals surface area contributed by atoms with E-state index < -0.39 is 6.10 Å². The average molecular weight is 287 g/mol. The number of carbonyl (C=O) groups is 1. The maximum absolute atomic E-state index is 12.5. The highest BCUT2D eigenvalue weighted by Gasteiger charge is 2.27. The Morgan fingerprint density at radius 2 is 1.90 bits per heavy atom. The summed E-state index contributed by atoms with van der Waals surface area (Å²) in [7, 11) is 0. The molecular formula is C17H15ClO2. The van der Waals surface area contributed by atoms with Crippen molar-refractivity contribution in [3.05, 3.63) is 70.2 Å². The predicted octanol–water partition coefficient (Wildman–Crippen LogP) is 3.77. The van der Waals surface area contributed by atoms with Gasteiger partial charge in [0, 0.05) is 11.4 Å². The van der Waals surface area contributed by atoms with Crippen molar-refractivity contribution >= 4 is 17.4 Å². The fourth-order valence-electron chi connectivity index (χ4n) is 2.58. The zero-order chi connectivity index (χ0) is 13.9. The summed E-state index contributed by atoms with van der Waals surface area (Å²) in [5.41, 5.74) is 3.05. The van der Waals surface area contributed by atoms with Crippen molar-refractivity contribution in [1.29, 1.82) is 0 Å². The second-order valence-corrected chi connectivity index (χ2v) is 5.34. The number of Topliss-reactive ketones (excluding diaryl/α,β-unsaturated/α-hetero) is 1. The lowest BCUT2D eigenvalue weighted by atomic mass is 9.93. The van der Waals surface area contributed by atoms with E-state index in [4.69, 9.17) is 16.3 Å². The van der Waals surface area contributed by atoms with Gasteiger partial charge in [0.1, 0.15) is 6.10 Å². The maximum atomic E-state index is 12.5. The maximum Gasteiger partial charge on any atom is 0.170 e. The predicted molar refractivity (Wildman–Crippen MR) is 79.0 cm³/mol. The molecule has 1 atom stereocenters. The van der Waals surface area contributed by atoms with Gasteiger partial charge in [-0.2, -0.15) is 0 Å². The number of ether oxygens (including phenoxy) is 1. The fraction of sp³-hybridized carbons (Fsp3) is 0.235. The van der Waals surface area contributed by atoms with E-state index in [1.165, 1.54) is 5.56 Å². The number of fused-ring (bicyclic) bond motifs is 1.